The smallest absolute Gasteiger partial charge is 0.00847 e. The van der Waals surface area contributed by atoms with Crippen LogP contribution in [-0.2, 0) is 0 Å². The Morgan fingerprint density at radius 2 is 1.75 bits per heavy atom. The standard InChI is InChI=1S/C10H22N2/c1-10(2,3)8-4-6-12-7-5-9(8)11/h8-9,12H,4-7,11H2,1-3H3. The topological polar surface area (TPSA) is 38.0 Å². The van der Waals surface area contributed by atoms with Gasteiger partial charge in [0.15, 0.2) is 0 Å². The van der Waals surface area contributed by atoms with E-state index in [1.54, 1.807) is 0 Å². The summed E-state index contributed by atoms with van der Waals surface area (Å²) in [5.41, 5.74) is 6.49. The first-order chi connectivity index (χ1) is 5.52. The monoisotopic (exact) mass is 170 g/mol. The summed E-state index contributed by atoms with van der Waals surface area (Å²) >= 11 is 0. The first kappa shape index (κ1) is 10.0. The van der Waals surface area contributed by atoms with E-state index in [9.17, 15) is 0 Å². The molecule has 1 fully saturated rings. The molecule has 2 nitrogen and oxygen atoms in total. The molecule has 0 aromatic heterocycles. The van der Waals surface area contributed by atoms with Gasteiger partial charge in [0, 0.05) is 6.04 Å². The Bertz CT molecular complexity index is 137. The number of hydrogen-bond acceptors (Lipinski definition) is 2. The number of nitrogens with one attached hydrogen (secondary N) is 1. The van der Waals surface area contributed by atoms with Crippen molar-refractivity contribution in [2.24, 2.45) is 17.1 Å². The lowest BCUT2D eigenvalue weighted by molar-refractivity contribution is 0.194. The summed E-state index contributed by atoms with van der Waals surface area (Å²) in [6.07, 6.45) is 2.35. The molecule has 0 aromatic carbocycles. The summed E-state index contributed by atoms with van der Waals surface area (Å²) in [7, 11) is 0. The largest absolute Gasteiger partial charge is 0.327 e. The number of nitrogens with two attached hydrogens (primary N) is 1. The van der Waals surface area contributed by atoms with E-state index in [4.69, 9.17) is 5.73 Å². The molecule has 0 saturated carbocycles. The van der Waals surface area contributed by atoms with Gasteiger partial charge in [-0.3, -0.25) is 0 Å². The summed E-state index contributed by atoms with van der Waals surface area (Å²) in [4.78, 5) is 0. The van der Waals surface area contributed by atoms with Gasteiger partial charge in [0.25, 0.3) is 0 Å². The molecule has 0 amide bonds. The van der Waals surface area contributed by atoms with Crippen molar-refractivity contribution in [3.05, 3.63) is 0 Å². The van der Waals surface area contributed by atoms with Crippen molar-refractivity contribution in [1.29, 1.82) is 0 Å². The summed E-state index contributed by atoms with van der Waals surface area (Å²) in [6, 6.07) is 0.389. The third-order valence-corrected chi connectivity index (χ3v) is 2.92. The highest BCUT2D eigenvalue weighted by Gasteiger charge is 2.30. The van der Waals surface area contributed by atoms with Crippen LogP contribution < -0.4 is 11.1 Å². The minimum absolute atomic E-state index is 0.367. The molecule has 0 spiro atoms. The van der Waals surface area contributed by atoms with Crippen LogP contribution in [0.3, 0.4) is 0 Å². The molecule has 0 bridgehead atoms. The van der Waals surface area contributed by atoms with Gasteiger partial charge in [-0.25, -0.2) is 0 Å². The maximum atomic E-state index is 6.13. The first-order valence-corrected chi connectivity index (χ1v) is 4.98. The van der Waals surface area contributed by atoms with Crippen LogP contribution in [0.4, 0.5) is 0 Å². The van der Waals surface area contributed by atoms with E-state index in [0.29, 0.717) is 17.4 Å². The lowest BCUT2D eigenvalue weighted by Crippen LogP contribution is -2.38. The third-order valence-electron chi connectivity index (χ3n) is 2.92. The van der Waals surface area contributed by atoms with Crippen LogP contribution in [0.25, 0.3) is 0 Å². The SMILES string of the molecule is CC(C)(C)C1CCNCCC1N. The zero-order valence-corrected chi connectivity index (χ0v) is 8.56. The molecule has 12 heavy (non-hydrogen) atoms. The summed E-state index contributed by atoms with van der Waals surface area (Å²) in [6.45, 7) is 9.11. The maximum Gasteiger partial charge on any atom is 0.00847 e. The van der Waals surface area contributed by atoms with E-state index in [1.807, 2.05) is 0 Å². The zero-order chi connectivity index (χ0) is 9.19. The van der Waals surface area contributed by atoms with Crippen LogP contribution in [0.5, 0.6) is 0 Å². The second-order valence-electron chi connectivity index (χ2n) is 4.96. The van der Waals surface area contributed by atoms with Gasteiger partial charge in [-0.05, 0) is 37.3 Å². The van der Waals surface area contributed by atoms with E-state index in [1.165, 1.54) is 6.42 Å². The van der Waals surface area contributed by atoms with E-state index in [2.05, 4.69) is 26.1 Å². The summed E-state index contributed by atoms with van der Waals surface area (Å²) in [5.74, 6) is 0.674. The summed E-state index contributed by atoms with van der Waals surface area (Å²) in [5, 5.41) is 3.40. The van der Waals surface area contributed by atoms with E-state index < -0.39 is 0 Å². The van der Waals surface area contributed by atoms with Gasteiger partial charge in [0.05, 0.1) is 0 Å². The van der Waals surface area contributed by atoms with Gasteiger partial charge >= 0.3 is 0 Å². The molecule has 2 unspecified atom stereocenters. The lowest BCUT2D eigenvalue weighted by atomic mass is 9.74. The average molecular weight is 170 g/mol. The van der Waals surface area contributed by atoms with Gasteiger partial charge in [-0.1, -0.05) is 20.8 Å². The van der Waals surface area contributed by atoms with Crippen molar-refractivity contribution >= 4 is 0 Å². The van der Waals surface area contributed by atoms with Crippen molar-refractivity contribution in [2.45, 2.75) is 39.7 Å². The van der Waals surface area contributed by atoms with Crippen molar-refractivity contribution in [3.63, 3.8) is 0 Å². The van der Waals surface area contributed by atoms with E-state index >= 15 is 0 Å². The van der Waals surface area contributed by atoms with Crippen LogP contribution in [0.1, 0.15) is 33.6 Å². The van der Waals surface area contributed by atoms with Crippen LogP contribution >= 0.6 is 0 Å². The van der Waals surface area contributed by atoms with Crippen molar-refractivity contribution in [3.8, 4) is 0 Å². The Kier molecular flexibility index (Phi) is 3.13. The van der Waals surface area contributed by atoms with Crippen LogP contribution in [0.15, 0.2) is 0 Å². The Morgan fingerprint density at radius 3 is 2.33 bits per heavy atom. The average Bonchev–Trinajstić information content (AvgIpc) is 2.11. The Balaban J connectivity index is 2.59. The molecule has 1 heterocycles. The fourth-order valence-electron chi connectivity index (χ4n) is 2.14. The Labute approximate surface area is 75.9 Å². The minimum Gasteiger partial charge on any atom is -0.327 e. The molecular weight excluding hydrogens is 148 g/mol. The fourth-order valence-corrected chi connectivity index (χ4v) is 2.14. The molecular formula is C10H22N2. The second-order valence-corrected chi connectivity index (χ2v) is 4.96. The predicted molar refractivity (Wildman–Crippen MR) is 53.0 cm³/mol. The molecule has 2 heteroatoms. The van der Waals surface area contributed by atoms with Crippen LogP contribution in [0.2, 0.25) is 0 Å². The number of rotatable bonds is 0. The van der Waals surface area contributed by atoms with Crippen molar-refractivity contribution in [1.82, 2.24) is 5.32 Å². The van der Waals surface area contributed by atoms with Gasteiger partial charge in [0.2, 0.25) is 0 Å². The van der Waals surface area contributed by atoms with Crippen molar-refractivity contribution in [2.75, 3.05) is 13.1 Å². The van der Waals surface area contributed by atoms with Gasteiger partial charge in [0.1, 0.15) is 0 Å². The van der Waals surface area contributed by atoms with Gasteiger partial charge in [-0.15, -0.1) is 0 Å². The summed E-state index contributed by atoms with van der Waals surface area (Å²) < 4.78 is 0. The molecule has 72 valence electrons. The quantitative estimate of drug-likeness (QED) is 0.576. The van der Waals surface area contributed by atoms with Crippen molar-refractivity contribution < 1.29 is 0 Å². The third kappa shape index (κ3) is 2.46. The molecule has 1 aliphatic heterocycles. The predicted octanol–water partition coefficient (Wildman–Crippen LogP) is 1.36. The lowest BCUT2D eigenvalue weighted by Gasteiger charge is -2.33. The van der Waals surface area contributed by atoms with Gasteiger partial charge < -0.3 is 11.1 Å². The van der Waals surface area contributed by atoms with Crippen LogP contribution in [-0.4, -0.2) is 19.1 Å². The van der Waals surface area contributed by atoms with Gasteiger partial charge in [-0.2, -0.15) is 0 Å². The minimum atomic E-state index is 0.367. The molecule has 1 saturated heterocycles. The second kappa shape index (κ2) is 3.75. The molecule has 1 rings (SSSR count). The first-order valence-electron chi connectivity index (χ1n) is 4.98. The molecule has 0 aromatic rings. The fraction of sp³-hybridized carbons (Fsp3) is 1.00. The highest BCUT2D eigenvalue weighted by molar-refractivity contribution is 4.85. The van der Waals surface area contributed by atoms with E-state index in [0.717, 1.165) is 19.5 Å². The number of hydrogen-bond donors (Lipinski definition) is 2. The normalized spacial score (nSPS) is 33.0. The highest BCUT2D eigenvalue weighted by Crippen LogP contribution is 2.32. The Hall–Kier alpha value is -0.0800. The highest BCUT2D eigenvalue weighted by atomic mass is 14.9. The zero-order valence-electron chi connectivity index (χ0n) is 8.56. The molecule has 1 aliphatic rings. The molecule has 0 aliphatic carbocycles. The van der Waals surface area contributed by atoms with Crippen LogP contribution in [0, 0.1) is 11.3 Å². The van der Waals surface area contributed by atoms with E-state index in [-0.39, 0.29) is 0 Å². The molecule has 3 N–H and O–H groups in total. The Morgan fingerprint density at radius 1 is 1.17 bits per heavy atom. The molecule has 2 atom stereocenters. The maximum absolute atomic E-state index is 6.13. The molecule has 0 radical (unpaired) electrons.